The first-order chi connectivity index (χ1) is 8.81. The van der Waals surface area contributed by atoms with Crippen LogP contribution in [0.5, 0.6) is 0 Å². The maximum absolute atomic E-state index is 3.88. The Labute approximate surface area is 117 Å². The second-order valence-corrected chi connectivity index (χ2v) is 7.14. The minimum atomic E-state index is 0.777. The Morgan fingerprint density at radius 2 is 2.06 bits per heavy atom. The monoisotopic (exact) mass is 270 g/mol. The van der Waals surface area contributed by atoms with Crippen molar-refractivity contribution in [3.8, 4) is 0 Å². The van der Waals surface area contributed by atoms with Crippen LogP contribution in [0.25, 0.3) is 0 Å². The second kappa shape index (κ2) is 7.76. The van der Waals surface area contributed by atoms with Crippen LogP contribution < -0.4 is 10.6 Å². The minimum Gasteiger partial charge on any atom is -0.314 e. The maximum Gasteiger partial charge on any atom is 0.0111 e. The summed E-state index contributed by atoms with van der Waals surface area (Å²) >= 11 is 1.97. The summed E-state index contributed by atoms with van der Waals surface area (Å²) in [6, 6.07) is 1.58. The van der Waals surface area contributed by atoms with Gasteiger partial charge < -0.3 is 10.6 Å². The topological polar surface area (TPSA) is 24.1 Å². The number of thioether (sulfide) groups is 1. The van der Waals surface area contributed by atoms with E-state index in [1.165, 1.54) is 57.4 Å². The molecule has 3 heteroatoms. The smallest absolute Gasteiger partial charge is 0.0111 e. The van der Waals surface area contributed by atoms with E-state index in [1.54, 1.807) is 0 Å². The quantitative estimate of drug-likeness (QED) is 0.776. The van der Waals surface area contributed by atoms with Gasteiger partial charge in [0, 0.05) is 12.1 Å². The lowest BCUT2D eigenvalue weighted by molar-refractivity contribution is 0.211. The summed E-state index contributed by atoms with van der Waals surface area (Å²) in [6.45, 7) is 4.82. The highest BCUT2D eigenvalue weighted by molar-refractivity contribution is 7.98. The first-order valence-corrected chi connectivity index (χ1v) is 9.16. The van der Waals surface area contributed by atoms with Crippen molar-refractivity contribution >= 4 is 11.8 Å². The molecule has 0 bridgehead atoms. The van der Waals surface area contributed by atoms with Crippen molar-refractivity contribution < 1.29 is 0 Å². The predicted octanol–water partition coefficient (Wildman–Crippen LogP) is 2.89. The van der Waals surface area contributed by atoms with Gasteiger partial charge in [0.15, 0.2) is 0 Å². The lowest BCUT2D eigenvalue weighted by Gasteiger charge is -2.37. The van der Waals surface area contributed by atoms with Gasteiger partial charge in [-0.2, -0.15) is 11.8 Å². The van der Waals surface area contributed by atoms with Crippen LogP contribution in [0, 0.1) is 11.8 Å². The van der Waals surface area contributed by atoms with Crippen molar-refractivity contribution in [2.24, 2.45) is 11.8 Å². The summed E-state index contributed by atoms with van der Waals surface area (Å²) in [5.41, 5.74) is 0. The molecule has 18 heavy (non-hydrogen) atoms. The molecule has 4 unspecified atom stereocenters. The normalized spacial score (nSPS) is 34.7. The van der Waals surface area contributed by atoms with Gasteiger partial charge in [-0.1, -0.05) is 19.8 Å². The van der Waals surface area contributed by atoms with Crippen LogP contribution in [-0.2, 0) is 0 Å². The molecule has 1 aliphatic heterocycles. The largest absolute Gasteiger partial charge is 0.314 e. The molecule has 2 fully saturated rings. The van der Waals surface area contributed by atoms with Crippen molar-refractivity contribution in [2.75, 3.05) is 25.1 Å². The van der Waals surface area contributed by atoms with Gasteiger partial charge in [-0.05, 0) is 62.6 Å². The van der Waals surface area contributed by atoms with E-state index in [-0.39, 0.29) is 0 Å². The van der Waals surface area contributed by atoms with E-state index in [0.717, 1.165) is 23.9 Å². The molecule has 4 atom stereocenters. The molecular weight excluding hydrogens is 240 g/mol. The molecule has 1 saturated carbocycles. The zero-order valence-electron chi connectivity index (χ0n) is 12.1. The number of nitrogens with one attached hydrogen (secondary N) is 2. The van der Waals surface area contributed by atoms with E-state index in [1.807, 2.05) is 11.8 Å². The average Bonchev–Trinajstić information content (AvgIpc) is 2.91. The first kappa shape index (κ1) is 14.7. The summed E-state index contributed by atoms with van der Waals surface area (Å²) < 4.78 is 0. The molecule has 1 heterocycles. The van der Waals surface area contributed by atoms with Crippen LogP contribution in [0.15, 0.2) is 0 Å². The molecule has 0 aromatic heterocycles. The highest BCUT2D eigenvalue weighted by atomic mass is 32.2. The molecule has 2 rings (SSSR count). The van der Waals surface area contributed by atoms with Crippen molar-refractivity contribution in [3.63, 3.8) is 0 Å². The Kier molecular flexibility index (Phi) is 6.33. The molecule has 0 aromatic carbocycles. The Morgan fingerprint density at radius 3 is 2.78 bits per heavy atom. The summed E-state index contributed by atoms with van der Waals surface area (Å²) in [5, 5.41) is 7.60. The van der Waals surface area contributed by atoms with Crippen molar-refractivity contribution in [1.82, 2.24) is 10.6 Å². The first-order valence-electron chi connectivity index (χ1n) is 7.77. The second-order valence-electron chi connectivity index (χ2n) is 6.23. The Hall–Kier alpha value is 0.270. The zero-order valence-corrected chi connectivity index (χ0v) is 12.9. The molecule has 0 radical (unpaired) electrons. The molecule has 2 N–H and O–H groups in total. The fourth-order valence-corrected chi connectivity index (χ4v) is 4.35. The molecule has 0 aromatic rings. The van der Waals surface area contributed by atoms with Crippen LogP contribution in [0.4, 0.5) is 0 Å². The average molecular weight is 270 g/mol. The standard InChI is InChI=1S/C15H30N2S/c1-12(11-18-2)10-17-15-7-4-3-6-13(15)14-8-5-9-16-14/h12-17H,3-11H2,1-2H3. The van der Waals surface area contributed by atoms with E-state index >= 15 is 0 Å². The molecule has 106 valence electrons. The van der Waals surface area contributed by atoms with Gasteiger partial charge in [0.05, 0.1) is 0 Å². The highest BCUT2D eigenvalue weighted by Gasteiger charge is 2.32. The fraction of sp³-hybridized carbons (Fsp3) is 1.00. The Morgan fingerprint density at radius 1 is 1.22 bits per heavy atom. The van der Waals surface area contributed by atoms with Crippen LogP contribution in [0.1, 0.15) is 45.4 Å². The van der Waals surface area contributed by atoms with Gasteiger partial charge in [-0.25, -0.2) is 0 Å². The highest BCUT2D eigenvalue weighted by Crippen LogP contribution is 2.30. The van der Waals surface area contributed by atoms with Crippen molar-refractivity contribution in [3.05, 3.63) is 0 Å². The third-order valence-electron chi connectivity index (χ3n) is 4.61. The molecule has 2 nitrogen and oxygen atoms in total. The molecule has 0 amide bonds. The summed E-state index contributed by atoms with van der Waals surface area (Å²) in [5.74, 6) is 2.98. The van der Waals surface area contributed by atoms with Gasteiger partial charge in [0.1, 0.15) is 0 Å². The van der Waals surface area contributed by atoms with Gasteiger partial charge in [-0.3, -0.25) is 0 Å². The van der Waals surface area contributed by atoms with Gasteiger partial charge in [-0.15, -0.1) is 0 Å². The van der Waals surface area contributed by atoms with Gasteiger partial charge in [0.25, 0.3) is 0 Å². The van der Waals surface area contributed by atoms with E-state index in [4.69, 9.17) is 0 Å². The molecule has 1 saturated heterocycles. The minimum absolute atomic E-state index is 0.777. The van der Waals surface area contributed by atoms with E-state index in [9.17, 15) is 0 Å². The van der Waals surface area contributed by atoms with Gasteiger partial charge in [0.2, 0.25) is 0 Å². The van der Waals surface area contributed by atoms with Crippen LogP contribution >= 0.6 is 11.8 Å². The third-order valence-corrected chi connectivity index (χ3v) is 5.52. The SMILES string of the molecule is CSCC(C)CNC1CCCCC1C1CCCN1. The molecule has 2 aliphatic rings. The molecule has 1 aliphatic carbocycles. The fourth-order valence-electron chi connectivity index (χ4n) is 3.67. The zero-order chi connectivity index (χ0) is 12.8. The maximum atomic E-state index is 3.88. The lowest BCUT2D eigenvalue weighted by atomic mass is 9.79. The molecule has 0 spiro atoms. The van der Waals surface area contributed by atoms with Gasteiger partial charge >= 0.3 is 0 Å². The summed E-state index contributed by atoms with van der Waals surface area (Å²) in [7, 11) is 0. The lowest BCUT2D eigenvalue weighted by Crippen LogP contribution is -2.48. The Balaban J connectivity index is 1.79. The van der Waals surface area contributed by atoms with E-state index in [2.05, 4.69) is 23.8 Å². The number of hydrogen-bond acceptors (Lipinski definition) is 3. The van der Waals surface area contributed by atoms with E-state index < -0.39 is 0 Å². The van der Waals surface area contributed by atoms with Crippen molar-refractivity contribution in [2.45, 2.75) is 57.5 Å². The Bertz CT molecular complexity index is 229. The predicted molar refractivity (Wildman–Crippen MR) is 82.3 cm³/mol. The summed E-state index contributed by atoms with van der Waals surface area (Å²) in [4.78, 5) is 0. The van der Waals surface area contributed by atoms with Crippen LogP contribution in [0.3, 0.4) is 0 Å². The van der Waals surface area contributed by atoms with Crippen molar-refractivity contribution in [1.29, 1.82) is 0 Å². The summed E-state index contributed by atoms with van der Waals surface area (Å²) in [6.07, 6.45) is 10.7. The number of hydrogen-bond donors (Lipinski definition) is 2. The van der Waals surface area contributed by atoms with Crippen LogP contribution in [0.2, 0.25) is 0 Å². The van der Waals surface area contributed by atoms with E-state index in [0.29, 0.717) is 0 Å². The molecular formula is C15H30N2S. The third kappa shape index (κ3) is 4.14. The number of rotatable bonds is 6. The van der Waals surface area contributed by atoms with Crippen LogP contribution in [-0.4, -0.2) is 37.2 Å².